The van der Waals surface area contributed by atoms with Crippen LogP contribution in [0.15, 0.2) is 50.4 Å². The number of piperidine rings is 1. The Bertz CT molecular complexity index is 1220. The number of halogens is 3. The number of nitrogens with zero attached hydrogens (tertiary/aromatic N) is 6. The minimum atomic E-state index is -0.298. The maximum Gasteiger partial charge on any atom is 0.250 e. The summed E-state index contributed by atoms with van der Waals surface area (Å²) in [6, 6.07) is 10.3. The molecule has 38 heavy (non-hydrogen) atoms. The Balaban J connectivity index is 1.30. The van der Waals surface area contributed by atoms with Gasteiger partial charge in [-0.15, -0.1) is 0 Å². The number of hydrazone groups is 1. The Kier molecular flexibility index (Phi) is 9.02. The number of hydrogen-bond acceptors (Lipinski definition) is 9. The van der Waals surface area contributed by atoms with Crippen LogP contribution in [-0.2, 0) is 11.3 Å². The largest absolute Gasteiger partial charge is 0.486 e. The molecule has 0 amide bonds. The van der Waals surface area contributed by atoms with Crippen LogP contribution in [0.2, 0.25) is 0 Å². The van der Waals surface area contributed by atoms with E-state index in [0.29, 0.717) is 51.3 Å². The van der Waals surface area contributed by atoms with Crippen molar-refractivity contribution in [1.29, 1.82) is 0 Å². The van der Waals surface area contributed by atoms with Gasteiger partial charge in [-0.2, -0.15) is 20.1 Å². The van der Waals surface area contributed by atoms with Gasteiger partial charge in [-0.05, 0) is 74.9 Å². The van der Waals surface area contributed by atoms with Crippen LogP contribution < -0.4 is 20.0 Å². The molecule has 0 unspecified atom stereocenters. The molecule has 0 aliphatic carbocycles. The Morgan fingerprint density at radius 3 is 2.29 bits per heavy atom. The predicted molar refractivity (Wildman–Crippen MR) is 153 cm³/mol. The summed E-state index contributed by atoms with van der Waals surface area (Å²) in [7, 11) is 0. The second-order valence-corrected chi connectivity index (χ2v) is 10.7. The molecule has 2 fully saturated rings. The van der Waals surface area contributed by atoms with Crippen LogP contribution in [0.25, 0.3) is 0 Å². The fourth-order valence-corrected chi connectivity index (χ4v) is 5.72. The normalized spacial score (nSPS) is 16.2. The molecule has 2 aliphatic heterocycles. The summed E-state index contributed by atoms with van der Waals surface area (Å²) >= 11 is 7.10. The van der Waals surface area contributed by atoms with Gasteiger partial charge < -0.3 is 19.3 Å². The zero-order chi connectivity index (χ0) is 26.3. The highest BCUT2D eigenvalue weighted by Gasteiger charge is 2.20. The van der Waals surface area contributed by atoms with Crippen LogP contribution >= 0.6 is 31.9 Å². The summed E-state index contributed by atoms with van der Waals surface area (Å²) in [5.41, 5.74) is 4.28. The molecule has 3 aromatic rings. The lowest BCUT2D eigenvalue weighted by Gasteiger charge is -2.30. The van der Waals surface area contributed by atoms with Crippen LogP contribution in [0.1, 0.15) is 30.4 Å². The molecule has 2 aromatic carbocycles. The van der Waals surface area contributed by atoms with Crippen molar-refractivity contribution in [1.82, 2.24) is 15.0 Å². The first-order valence-electron chi connectivity index (χ1n) is 12.5. The summed E-state index contributed by atoms with van der Waals surface area (Å²) in [5, 5.41) is 4.38. The van der Waals surface area contributed by atoms with Crippen molar-refractivity contribution < 1.29 is 13.9 Å². The zero-order valence-electron chi connectivity index (χ0n) is 20.7. The van der Waals surface area contributed by atoms with Crippen LogP contribution in [0.5, 0.6) is 5.75 Å². The summed E-state index contributed by atoms with van der Waals surface area (Å²) in [4.78, 5) is 18.3. The van der Waals surface area contributed by atoms with Crippen molar-refractivity contribution in [2.45, 2.75) is 25.9 Å². The van der Waals surface area contributed by atoms with Crippen molar-refractivity contribution in [3.05, 3.63) is 62.3 Å². The van der Waals surface area contributed by atoms with E-state index in [4.69, 9.17) is 14.5 Å². The number of anilines is 3. The molecule has 5 rings (SSSR count). The summed E-state index contributed by atoms with van der Waals surface area (Å²) < 4.78 is 26.7. The lowest BCUT2D eigenvalue weighted by molar-refractivity contribution is 0.122. The van der Waals surface area contributed by atoms with E-state index in [1.54, 1.807) is 24.4 Å². The van der Waals surface area contributed by atoms with Gasteiger partial charge in [-0.3, -0.25) is 0 Å². The average Bonchev–Trinajstić information content (AvgIpc) is 2.94. The first kappa shape index (κ1) is 26.8. The molecule has 200 valence electrons. The molecule has 2 saturated heterocycles. The molecule has 0 radical (unpaired) electrons. The number of hydrogen-bond donors (Lipinski definition) is 1. The third-order valence-corrected chi connectivity index (χ3v) is 7.45. The van der Waals surface area contributed by atoms with E-state index in [9.17, 15) is 4.39 Å². The second kappa shape index (κ2) is 12.8. The maximum atomic E-state index is 13.9. The van der Waals surface area contributed by atoms with Gasteiger partial charge in [0.2, 0.25) is 17.8 Å². The fraction of sp³-hybridized carbons (Fsp3) is 0.385. The minimum Gasteiger partial charge on any atom is -0.486 e. The summed E-state index contributed by atoms with van der Waals surface area (Å²) in [5.74, 6) is 1.97. The maximum absolute atomic E-state index is 13.9. The standard InChI is InChI=1S/C26H28Br2FN7O2/c27-20-14-18(15-21(28)23(20)38-17-19-6-2-3-7-22(19)29)16-30-34-24-31-25(35-8-4-1-5-9-35)33-26(32-24)36-10-12-37-13-11-36/h2-3,6-7,14-16H,1,4-5,8-13,17H2,(H,31,32,33,34)/b30-16+. The summed E-state index contributed by atoms with van der Waals surface area (Å²) in [6.45, 7) is 4.75. The number of nitrogens with one attached hydrogen (secondary N) is 1. The van der Waals surface area contributed by atoms with Crippen molar-refractivity contribution in [3.63, 3.8) is 0 Å². The first-order chi connectivity index (χ1) is 18.6. The lowest BCUT2D eigenvalue weighted by atomic mass is 10.1. The Hall–Kier alpha value is -2.83. The van der Waals surface area contributed by atoms with E-state index >= 15 is 0 Å². The predicted octanol–water partition coefficient (Wildman–Crippen LogP) is 5.39. The number of ether oxygens (including phenoxy) is 2. The molecule has 0 spiro atoms. The van der Waals surface area contributed by atoms with Gasteiger partial charge in [0.05, 0.1) is 28.4 Å². The number of morpholine rings is 1. The van der Waals surface area contributed by atoms with Gasteiger partial charge in [0.25, 0.3) is 0 Å². The Morgan fingerprint density at radius 1 is 0.947 bits per heavy atom. The lowest BCUT2D eigenvalue weighted by Crippen LogP contribution is -2.38. The van der Waals surface area contributed by atoms with Crippen LogP contribution in [0, 0.1) is 5.82 Å². The van der Waals surface area contributed by atoms with E-state index in [-0.39, 0.29) is 12.4 Å². The van der Waals surface area contributed by atoms with Crippen molar-refractivity contribution in [2.75, 3.05) is 54.6 Å². The molecule has 3 heterocycles. The molecule has 0 atom stereocenters. The Labute approximate surface area is 237 Å². The van der Waals surface area contributed by atoms with E-state index < -0.39 is 0 Å². The van der Waals surface area contributed by atoms with E-state index in [1.165, 1.54) is 12.5 Å². The van der Waals surface area contributed by atoms with E-state index in [1.807, 2.05) is 12.1 Å². The smallest absolute Gasteiger partial charge is 0.250 e. The minimum absolute atomic E-state index is 0.114. The molecule has 1 aromatic heterocycles. The van der Waals surface area contributed by atoms with Gasteiger partial charge in [0, 0.05) is 31.7 Å². The van der Waals surface area contributed by atoms with Gasteiger partial charge >= 0.3 is 0 Å². The van der Waals surface area contributed by atoms with Crippen LogP contribution in [-0.4, -0.2) is 60.6 Å². The highest BCUT2D eigenvalue weighted by Crippen LogP contribution is 2.35. The summed E-state index contributed by atoms with van der Waals surface area (Å²) in [6.07, 6.45) is 5.16. The molecule has 0 saturated carbocycles. The number of benzene rings is 2. The molecule has 0 bridgehead atoms. The monoisotopic (exact) mass is 647 g/mol. The zero-order valence-corrected chi connectivity index (χ0v) is 23.9. The fourth-order valence-electron chi connectivity index (χ4n) is 4.27. The molecule has 2 aliphatic rings. The Morgan fingerprint density at radius 2 is 1.61 bits per heavy atom. The molecule has 9 nitrogen and oxygen atoms in total. The topological polar surface area (TPSA) is 88.0 Å². The number of rotatable bonds is 8. The molecule has 1 N–H and O–H groups in total. The van der Waals surface area contributed by atoms with Crippen LogP contribution in [0.3, 0.4) is 0 Å². The third-order valence-electron chi connectivity index (χ3n) is 6.27. The highest BCUT2D eigenvalue weighted by molar-refractivity contribution is 9.11. The quantitative estimate of drug-likeness (QED) is 0.257. The van der Waals surface area contributed by atoms with Gasteiger partial charge in [-0.25, -0.2) is 9.82 Å². The van der Waals surface area contributed by atoms with E-state index in [2.05, 4.69) is 62.2 Å². The second-order valence-electron chi connectivity index (χ2n) is 8.97. The van der Waals surface area contributed by atoms with E-state index in [0.717, 1.165) is 44.6 Å². The average molecular weight is 649 g/mol. The van der Waals surface area contributed by atoms with Crippen molar-refractivity contribution in [2.24, 2.45) is 5.10 Å². The molecule has 12 heteroatoms. The third kappa shape index (κ3) is 6.78. The molecular formula is C26H28Br2FN7O2. The first-order valence-corrected chi connectivity index (χ1v) is 14.1. The van der Waals surface area contributed by atoms with Gasteiger partial charge in [0.1, 0.15) is 18.2 Å². The van der Waals surface area contributed by atoms with Gasteiger partial charge in [0.15, 0.2) is 0 Å². The van der Waals surface area contributed by atoms with Crippen molar-refractivity contribution in [3.8, 4) is 5.75 Å². The van der Waals surface area contributed by atoms with Crippen molar-refractivity contribution >= 4 is 55.9 Å². The highest BCUT2D eigenvalue weighted by atomic mass is 79.9. The molecular weight excluding hydrogens is 621 g/mol. The van der Waals surface area contributed by atoms with Crippen LogP contribution in [0.4, 0.5) is 22.2 Å². The SMILES string of the molecule is Fc1ccccc1COc1c(Br)cc(/C=N/Nc2nc(N3CCCCC3)nc(N3CCOCC3)n2)cc1Br. The number of aromatic nitrogens is 3. The van der Waals surface area contributed by atoms with Gasteiger partial charge in [-0.1, -0.05) is 18.2 Å².